The third-order valence-electron chi connectivity index (χ3n) is 5.55. The van der Waals surface area contributed by atoms with Crippen LogP contribution in [0.3, 0.4) is 0 Å². The molecule has 1 fully saturated rings. The molecule has 1 aromatic carbocycles. The van der Waals surface area contributed by atoms with Crippen molar-refractivity contribution >= 4 is 23.5 Å². The minimum absolute atomic E-state index is 0. The molecule has 2 heterocycles. The van der Waals surface area contributed by atoms with E-state index in [-0.39, 0.29) is 20.6 Å². The molecule has 1 saturated carbocycles. The number of carbonyl (C=O) groups is 2. The first kappa shape index (κ1) is 22.3. The molecule has 0 spiro atoms. The predicted octanol–water partition coefficient (Wildman–Crippen LogP) is 3.97. The van der Waals surface area contributed by atoms with E-state index in [9.17, 15) is 9.59 Å². The standard InChI is InChI=1S/C17H20N2O2.C6H9N3O.2H2/c1-2-16(20)18-13-9-8-12-11-19(17(21)15(12)10-13)14-6-4-3-5-7-14;1-4-3-8-6(7)9-5(4)10-2;;/h2,8-10,14H,1,3-7,11H2,(H,18,20);3H,1-2H3,(H2,7,8,9);2*1H. The van der Waals surface area contributed by atoms with Crippen LogP contribution in [-0.2, 0) is 11.3 Å². The molecule has 0 saturated heterocycles. The van der Waals surface area contributed by atoms with Gasteiger partial charge in [0, 0.05) is 38.5 Å². The molecule has 0 unspecified atom stereocenters. The maximum Gasteiger partial charge on any atom is 0.254 e. The number of nitrogens with zero attached hydrogens (tertiary/aromatic N) is 3. The minimum atomic E-state index is -0.260. The molecule has 0 bridgehead atoms. The van der Waals surface area contributed by atoms with Crippen LogP contribution in [0.15, 0.2) is 37.1 Å². The van der Waals surface area contributed by atoms with Crippen molar-refractivity contribution in [3.63, 3.8) is 0 Å². The molecular formula is C23H33N5O3. The Labute approximate surface area is 185 Å². The number of aromatic nitrogens is 2. The summed E-state index contributed by atoms with van der Waals surface area (Å²) in [5.74, 6) is 0.617. The number of nitrogen functional groups attached to an aromatic ring is 1. The maximum absolute atomic E-state index is 12.6. The first-order valence-electron chi connectivity index (χ1n) is 10.4. The van der Waals surface area contributed by atoms with Gasteiger partial charge in [-0.25, -0.2) is 4.98 Å². The van der Waals surface area contributed by atoms with Gasteiger partial charge in [0.1, 0.15) is 0 Å². The van der Waals surface area contributed by atoms with E-state index in [1.165, 1.54) is 25.3 Å². The Morgan fingerprint density at radius 2 is 2.10 bits per heavy atom. The summed E-state index contributed by atoms with van der Waals surface area (Å²) in [4.78, 5) is 33.6. The largest absolute Gasteiger partial charge is 0.481 e. The lowest BCUT2D eigenvalue weighted by Gasteiger charge is -2.30. The van der Waals surface area contributed by atoms with Crippen LogP contribution in [-0.4, -0.2) is 39.8 Å². The zero-order valence-electron chi connectivity index (χ0n) is 18.1. The lowest BCUT2D eigenvalue weighted by atomic mass is 9.94. The van der Waals surface area contributed by atoms with Crippen molar-refractivity contribution < 1.29 is 17.2 Å². The summed E-state index contributed by atoms with van der Waals surface area (Å²) in [5, 5.41) is 2.71. The fourth-order valence-corrected chi connectivity index (χ4v) is 3.93. The first-order chi connectivity index (χ1) is 14.9. The summed E-state index contributed by atoms with van der Waals surface area (Å²) in [7, 11) is 1.55. The lowest BCUT2D eigenvalue weighted by Crippen LogP contribution is -2.36. The maximum atomic E-state index is 12.6. The third-order valence-corrected chi connectivity index (χ3v) is 5.55. The Hall–Kier alpha value is -3.42. The lowest BCUT2D eigenvalue weighted by molar-refractivity contribution is -0.111. The van der Waals surface area contributed by atoms with Crippen LogP contribution in [0.2, 0.25) is 0 Å². The normalized spacial score (nSPS) is 15.5. The number of nitrogens with two attached hydrogens (primary N) is 1. The number of methoxy groups -OCH3 is 1. The summed E-state index contributed by atoms with van der Waals surface area (Å²) < 4.78 is 4.89. The van der Waals surface area contributed by atoms with E-state index >= 15 is 0 Å². The van der Waals surface area contributed by atoms with Gasteiger partial charge in [-0.2, -0.15) is 4.98 Å². The number of rotatable bonds is 4. The Bertz CT molecular complexity index is 981. The van der Waals surface area contributed by atoms with E-state index in [0.717, 1.165) is 29.5 Å². The van der Waals surface area contributed by atoms with Gasteiger partial charge in [-0.3, -0.25) is 9.59 Å². The fourth-order valence-electron chi connectivity index (χ4n) is 3.93. The summed E-state index contributed by atoms with van der Waals surface area (Å²) in [6.07, 6.45) is 8.78. The number of nitrogens with one attached hydrogen (secondary N) is 1. The quantitative estimate of drug-likeness (QED) is 0.715. The number of amides is 2. The van der Waals surface area contributed by atoms with E-state index in [2.05, 4.69) is 21.9 Å². The Morgan fingerprint density at radius 3 is 2.74 bits per heavy atom. The zero-order chi connectivity index (χ0) is 22.4. The van der Waals surface area contributed by atoms with Crippen LogP contribution in [0, 0.1) is 6.92 Å². The number of aryl methyl sites for hydroxylation is 1. The average Bonchev–Trinajstić information content (AvgIpc) is 3.12. The molecule has 8 heteroatoms. The monoisotopic (exact) mass is 427 g/mol. The second kappa shape index (κ2) is 10.1. The topological polar surface area (TPSA) is 110 Å². The number of benzene rings is 1. The van der Waals surface area contributed by atoms with Crippen molar-refractivity contribution in [1.29, 1.82) is 0 Å². The minimum Gasteiger partial charge on any atom is -0.481 e. The van der Waals surface area contributed by atoms with Gasteiger partial charge in [0.2, 0.25) is 17.7 Å². The van der Waals surface area contributed by atoms with Gasteiger partial charge in [-0.15, -0.1) is 0 Å². The second-order valence-corrected chi connectivity index (χ2v) is 7.71. The van der Waals surface area contributed by atoms with Crippen molar-refractivity contribution in [2.24, 2.45) is 0 Å². The number of carbonyl (C=O) groups excluding carboxylic acids is 2. The molecule has 4 rings (SSSR count). The molecule has 8 nitrogen and oxygen atoms in total. The van der Waals surface area contributed by atoms with Gasteiger partial charge in [0.25, 0.3) is 5.91 Å². The van der Waals surface area contributed by atoms with E-state index in [4.69, 9.17) is 10.5 Å². The highest BCUT2D eigenvalue weighted by atomic mass is 16.5. The zero-order valence-corrected chi connectivity index (χ0v) is 18.1. The van der Waals surface area contributed by atoms with Crippen LogP contribution >= 0.6 is 0 Å². The SMILES string of the molecule is C=CC(=O)Nc1ccc2c(c1)C(=O)N(C1CCCCC1)C2.COc1nc(N)ncc1C.[HH].[HH]. The van der Waals surface area contributed by atoms with E-state index in [1.807, 2.05) is 24.0 Å². The molecule has 1 aliphatic heterocycles. The number of anilines is 2. The molecule has 2 amide bonds. The van der Waals surface area contributed by atoms with Crippen LogP contribution in [0.1, 0.15) is 56.4 Å². The summed E-state index contributed by atoms with van der Waals surface area (Å²) in [6.45, 7) is 5.99. The number of hydrogen-bond donors (Lipinski definition) is 2. The van der Waals surface area contributed by atoms with Crippen molar-refractivity contribution in [2.75, 3.05) is 18.2 Å². The molecule has 2 aromatic rings. The van der Waals surface area contributed by atoms with Crippen molar-refractivity contribution in [1.82, 2.24) is 14.9 Å². The van der Waals surface area contributed by atoms with Gasteiger partial charge in [0.15, 0.2) is 0 Å². The Kier molecular flexibility index (Phi) is 7.23. The van der Waals surface area contributed by atoms with Gasteiger partial charge in [-0.05, 0) is 43.5 Å². The predicted molar refractivity (Wildman–Crippen MR) is 124 cm³/mol. The van der Waals surface area contributed by atoms with Crippen molar-refractivity contribution in [3.05, 3.63) is 53.7 Å². The molecule has 1 aromatic heterocycles. The van der Waals surface area contributed by atoms with Gasteiger partial charge in [0.05, 0.1) is 7.11 Å². The smallest absolute Gasteiger partial charge is 0.254 e. The molecule has 31 heavy (non-hydrogen) atoms. The summed E-state index contributed by atoms with van der Waals surface area (Å²) >= 11 is 0. The van der Waals surface area contributed by atoms with Crippen LogP contribution in [0.5, 0.6) is 5.88 Å². The first-order valence-corrected chi connectivity index (χ1v) is 10.4. The highest BCUT2D eigenvalue weighted by Gasteiger charge is 2.33. The number of hydrogen-bond acceptors (Lipinski definition) is 6. The fraction of sp³-hybridized carbons (Fsp3) is 0.391. The third kappa shape index (κ3) is 5.39. The Balaban J connectivity index is 0.000000388. The van der Waals surface area contributed by atoms with Gasteiger partial charge < -0.3 is 20.7 Å². The van der Waals surface area contributed by atoms with Crippen LogP contribution < -0.4 is 15.8 Å². The van der Waals surface area contributed by atoms with Crippen LogP contribution in [0.4, 0.5) is 11.6 Å². The van der Waals surface area contributed by atoms with Gasteiger partial charge >= 0.3 is 0 Å². The molecular weight excluding hydrogens is 394 g/mol. The van der Waals surface area contributed by atoms with Crippen molar-refractivity contribution in [2.45, 2.75) is 51.6 Å². The molecule has 168 valence electrons. The van der Waals surface area contributed by atoms with Crippen LogP contribution in [0.25, 0.3) is 0 Å². The summed E-state index contributed by atoms with van der Waals surface area (Å²) in [6, 6.07) is 5.94. The molecule has 0 radical (unpaired) electrons. The molecule has 1 aliphatic carbocycles. The summed E-state index contributed by atoms with van der Waals surface area (Å²) in [5.41, 5.74) is 8.62. The van der Waals surface area contributed by atoms with E-state index < -0.39 is 0 Å². The van der Waals surface area contributed by atoms with E-state index in [0.29, 0.717) is 24.2 Å². The van der Waals surface area contributed by atoms with E-state index in [1.54, 1.807) is 19.4 Å². The molecule has 2 aliphatic rings. The highest BCUT2D eigenvalue weighted by molar-refractivity contribution is 6.02. The van der Waals surface area contributed by atoms with Gasteiger partial charge in [-0.1, -0.05) is 31.9 Å². The average molecular weight is 428 g/mol. The highest BCUT2D eigenvalue weighted by Crippen LogP contribution is 2.32. The van der Waals surface area contributed by atoms with Crippen molar-refractivity contribution in [3.8, 4) is 5.88 Å². The Morgan fingerprint density at radius 1 is 1.35 bits per heavy atom. The number of fused-ring (bicyclic) bond motifs is 1. The number of ether oxygens (including phenoxy) is 1. The molecule has 3 N–H and O–H groups in total. The second-order valence-electron chi connectivity index (χ2n) is 7.71. The molecule has 0 atom stereocenters.